The van der Waals surface area contributed by atoms with E-state index < -0.39 is 16.1 Å². The molecule has 9 heteroatoms. The highest BCUT2D eigenvalue weighted by molar-refractivity contribution is 7.89. The van der Waals surface area contributed by atoms with Gasteiger partial charge < -0.3 is 9.47 Å². The number of imide groups is 1. The summed E-state index contributed by atoms with van der Waals surface area (Å²) < 4.78 is 39.9. The van der Waals surface area contributed by atoms with E-state index in [-0.39, 0.29) is 48.2 Å². The zero-order valence-corrected chi connectivity index (χ0v) is 20.8. The number of hydrogen-bond donors (Lipinski definition) is 0. The van der Waals surface area contributed by atoms with Crippen LogP contribution in [0.4, 0.5) is 0 Å². The Morgan fingerprint density at radius 3 is 2.34 bits per heavy atom. The van der Waals surface area contributed by atoms with E-state index in [0.29, 0.717) is 22.6 Å². The molecule has 0 aromatic heterocycles. The second-order valence-electron chi connectivity index (χ2n) is 9.64. The van der Waals surface area contributed by atoms with Gasteiger partial charge in [-0.05, 0) is 49.1 Å². The van der Waals surface area contributed by atoms with E-state index in [9.17, 15) is 18.0 Å². The molecule has 2 heterocycles. The molecule has 0 bridgehead atoms. The van der Waals surface area contributed by atoms with E-state index in [1.54, 1.807) is 31.2 Å². The molecule has 1 aliphatic carbocycles. The van der Waals surface area contributed by atoms with E-state index >= 15 is 0 Å². The predicted octanol–water partition coefficient (Wildman–Crippen LogP) is 3.13. The Kier molecular flexibility index (Phi) is 6.31. The average Bonchev–Trinajstić information content (AvgIpc) is 3.10. The maximum atomic E-state index is 13.5. The van der Waals surface area contributed by atoms with Gasteiger partial charge in [-0.1, -0.05) is 37.1 Å². The lowest BCUT2D eigenvalue weighted by molar-refractivity contribution is -0.140. The summed E-state index contributed by atoms with van der Waals surface area (Å²) in [6.07, 6.45) is 2.99. The van der Waals surface area contributed by atoms with Crippen LogP contribution in [0.3, 0.4) is 0 Å². The second-order valence-corrected chi connectivity index (χ2v) is 11.7. The van der Waals surface area contributed by atoms with Crippen LogP contribution in [-0.2, 0) is 26.2 Å². The molecular weight excluding hydrogens is 468 g/mol. The van der Waals surface area contributed by atoms with Crippen LogP contribution in [0.5, 0.6) is 11.5 Å². The van der Waals surface area contributed by atoms with Gasteiger partial charge in [0.2, 0.25) is 21.8 Å². The van der Waals surface area contributed by atoms with E-state index in [1.807, 2.05) is 18.2 Å². The molecule has 2 aliphatic heterocycles. The molecule has 8 nitrogen and oxygen atoms in total. The largest absolute Gasteiger partial charge is 0.486 e. The van der Waals surface area contributed by atoms with Crippen molar-refractivity contribution in [1.82, 2.24) is 9.21 Å². The van der Waals surface area contributed by atoms with Gasteiger partial charge in [0.25, 0.3) is 0 Å². The van der Waals surface area contributed by atoms with Crippen LogP contribution in [0.15, 0.2) is 47.4 Å². The van der Waals surface area contributed by atoms with E-state index in [0.717, 1.165) is 25.7 Å². The number of fused-ring (bicyclic) bond motifs is 2. The van der Waals surface area contributed by atoms with Gasteiger partial charge in [-0.3, -0.25) is 14.5 Å². The lowest BCUT2D eigenvalue weighted by Gasteiger charge is -2.29. The lowest BCUT2D eigenvalue weighted by atomic mass is 9.81. The Hall–Kier alpha value is -2.91. The summed E-state index contributed by atoms with van der Waals surface area (Å²) in [5.41, 5.74) is 1.22. The number of hydrogen-bond acceptors (Lipinski definition) is 6. The lowest BCUT2D eigenvalue weighted by Crippen LogP contribution is -2.42. The van der Waals surface area contributed by atoms with Gasteiger partial charge >= 0.3 is 0 Å². The number of aryl methyl sites for hydroxylation is 1. The molecule has 3 atom stereocenters. The number of ether oxygens (including phenoxy) is 2. The number of carbonyl (C=O) groups is 2. The van der Waals surface area contributed by atoms with E-state index in [4.69, 9.17) is 9.47 Å². The van der Waals surface area contributed by atoms with Crippen molar-refractivity contribution >= 4 is 21.8 Å². The molecule has 1 saturated heterocycles. The second kappa shape index (κ2) is 9.28. The molecule has 0 N–H and O–H groups in total. The normalized spacial score (nSPS) is 24.1. The van der Waals surface area contributed by atoms with E-state index in [1.165, 1.54) is 16.3 Å². The van der Waals surface area contributed by atoms with Gasteiger partial charge in [0.1, 0.15) is 12.7 Å². The number of benzene rings is 2. The number of nitrogens with zero attached hydrogens (tertiary/aromatic N) is 2. The minimum Gasteiger partial charge on any atom is -0.486 e. The molecule has 2 aromatic carbocycles. The number of likely N-dealkylation sites (tertiary alicyclic amines) is 1. The third-order valence-electron chi connectivity index (χ3n) is 7.24. The van der Waals surface area contributed by atoms with Crippen molar-refractivity contribution in [2.24, 2.45) is 11.8 Å². The summed E-state index contributed by atoms with van der Waals surface area (Å²) in [5, 5.41) is 0. The van der Waals surface area contributed by atoms with Gasteiger partial charge in [0, 0.05) is 7.05 Å². The minimum absolute atomic E-state index is 0.0908. The smallest absolute Gasteiger partial charge is 0.243 e. The van der Waals surface area contributed by atoms with Gasteiger partial charge in [0.15, 0.2) is 11.5 Å². The monoisotopic (exact) mass is 498 g/mol. The van der Waals surface area contributed by atoms with Crippen LogP contribution in [0.1, 0.15) is 36.8 Å². The summed E-state index contributed by atoms with van der Waals surface area (Å²) in [5.74, 6) is 0.530. The highest BCUT2D eigenvalue weighted by Gasteiger charge is 2.48. The average molecular weight is 499 g/mol. The highest BCUT2D eigenvalue weighted by Crippen LogP contribution is 2.39. The molecule has 35 heavy (non-hydrogen) atoms. The Balaban J connectivity index is 1.32. The zero-order valence-electron chi connectivity index (χ0n) is 20.0. The summed E-state index contributed by atoms with van der Waals surface area (Å²) in [7, 11) is -2.32. The van der Waals surface area contributed by atoms with Gasteiger partial charge in [-0.15, -0.1) is 0 Å². The van der Waals surface area contributed by atoms with Crippen molar-refractivity contribution < 1.29 is 27.5 Å². The van der Waals surface area contributed by atoms with Crippen LogP contribution in [0.25, 0.3) is 0 Å². The van der Waals surface area contributed by atoms with Crippen LogP contribution in [0.2, 0.25) is 0 Å². The molecule has 1 saturated carbocycles. The fourth-order valence-corrected chi connectivity index (χ4v) is 6.77. The summed E-state index contributed by atoms with van der Waals surface area (Å²) in [6.45, 7) is 2.19. The number of likely N-dealkylation sites (N-methyl/N-ethyl adjacent to an activating group) is 1. The quantitative estimate of drug-likeness (QED) is 0.568. The fourth-order valence-electron chi connectivity index (χ4n) is 5.30. The van der Waals surface area contributed by atoms with Crippen molar-refractivity contribution in [3.8, 4) is 11.5 Å². The Bertz CT molecular complexity index is 1240. The van der Waals surface area contributed by atoms with E-state index in [2.05, 4.69) is 0 Å². The minimum atomic E-state index is -3.84. The Morgan fingerprint density at radius 2 is 1.66 bits per heavy atom. The molecular formula is C26H30N2O6S. The molecule has 5 rings (SSSR count). The first-order valence-corrected chi connectivity index (χ1v) is 13.5. The molecule has 0 unspecified atom stereocenters. The van der Waals surface area contributed by atoms with Crippen LogP contribution >= 0.6 is 0 Å². The zero-order chi connectivity index (χ0) is 24.7. The molecule has 0 spiro atoms. The van der Waals surface area contributed by atoms with Crippen molar-refractivity contribution in [2.45, 2.75) is 50.2 Å². The third-order valence-corrected chi connectivity index (χ3v) is 9.21. The van der Waals surface area contributed by atoms with Gasteiger partial charge in [-0.25, -0.2) is 8.42 Å². The molecule has 2 fully saturated rings. The van der Waals surface area contributed by atoms with Crippen molar-refractivity contribution in [1.29, 1.82) is 0 Å². The van der Waals surface area contributed by atoms with Crippen LogP contribution in [-0.4, -0.2) is 55.7 Å². The number of para-hydroxylation sites is 2. The van der Waals surface area contributed by atoms with Crippen LogP contribution in [0, 0.1) is 18.8 Å². The maximum Gasteiger partial charge on any atom is 0.243 e. The standard InChI is InChI=1S/C26H30N2O6S/c1-17-11-12-18(14-28-25(29)20-7-3-4-8-21(20)26(28)30)13-24(17)35(31,32)27(2)15-19-16-33-22-9-5-6-10-23(22)34-19/h5-6,9-13,19-21H,3-4,7-8,14-16H2,1-2H3/t19-,20-,21+/m0/s1. The SMILES string of the molecule is Cc1ccc(CN2C(=O)[C@H]3CCCC[C@H]3C2=O)cc1S(=O)(=O)N(C)C[C@H]1COc2ccccc2O1. The summed E-state index contributed by atoms with van der Waals surface area (Å²) in [6, 6.07) is 12.4. The molecule has 2 aromatic rings. The first-order valence-electron chi connectivity index (χ1n) is 12.1. The molecule has 0 radical (unpaired) electrons. The number of sulfonamides is 1. The Morgan fingerprint density at radius 1 is 1.00 bits per heavy atom. The first-order chi connectivity index (χ1) is 16.8. The fraction of sp³-hybridized carbons (Fsp3) is 0.462. The summed E-state index contributed by atoms with van der Waals surface area (Å²) in [4.78, 5) is 27.2. The number of rotatable bonds is 6. The van der Waals surface area contributed by atoms with Crippen molar-refractivity contribution in [2.75, 3.05) is 20.2 Å². The van der Waals surface area contributed by atoms with Gasteiger partial charge in [0.05, 0.1) is 29.8 Å². The summed E-state index contributed by atoms with van der Waals surface area (Å²) >= 11 is 0. The number of carbonyl (C=O) groups excluding carboxylic acids is 2. The Labute approximate surface area is 205 Å². The topological polar surface area (TPSA) is 93.2 Å². The first kappa shape index (κ1) is 23.8. The third kappa shape index (κ3) is 4.43. The van der Waals surface area contributed by atoms with Crippen molar-refractivity contribution in [3.05, 3.63) is 53.6 Å². The number of amides is 2. The maximum absolute atomic E-state index is 13.5. The van der Waals surface area contributed by atoms with Crippen LogP contribution < -0.4 is 9.47 Å². The highest BCUT2D eigenvalue weighted by atomic mass is 32.2. The molecule has 2 amide bonds. The molecule has 186 valence electrons. The van der Waals surface area contributed by atoms with Crippen molar-refractivity contribution in [3.63, 3.8) is 0 Å². The van der Waals surface area contributed by atoms with Gasteiger partial charge in [-0.2, -0.15) is 4.31 Å². The predicted molar refractivity (Wildman–Crippen MR) is 128 cm³/mol. The molecule has 3 aliphatic rings.